The van der Waals surface area contributed by atoms with Crippen LogP contribution in [0, 0.1) is 18.3 Å². The van der Waals surface area contributed by atoms with Crippen LogP contribution in [-0.2, 0) is 4.74 Å². The second-order valence-electron chi connectivity index (χ2n) is 4.03. The molecule has 1 N–H and O–H groups in total. The van der Waals surface area contributed by atoms with Gasteiger partial charge in [0, 0.05) is 25.4 Å². The number of aryl methyl sites for hydroxylation is 1. The Morgan fingerprint density at radius 1 is 1.35 bits per heavy atom. The maximum Gasteiger partial charge on any atom is 0.0994 e. The van der Waals surface area contributed by atoms with Crippen molar-refractivity contribution in [2.24, 2.45) is 0 Å². The minimum Gasteiger partial charge on any atom is -0.385 e. The first kappa shape index (κ1) is 13.5. The monoisotopic (exact) mass is 232 g/mol. The summed E-state index contributed by atoms with van der Waals surface area (Å²) in [7, 11) is 0. The number of nitriles is 1. The van der Waals surface area contributed by atoms with Crippen LogP contribution in [0.5, 0.6) is 0 Å². The maximum absolute atomic E-state index is 8.82. The van der Waals surface area contributed by atoms with Crippen LogP contribution in [-0.4, -0.2) is 19.8 Å². The third-order valence-electron chi connectivity index (χ3n) is 2.49. The summed E-state index contributed by atoms with van der Waals surface area (Å²) in [5, 5.41) is 12.1. The van der Waals surface area contributed by atoms with Gasteiger partial charge in [-0.05, 0) is 43.5 Å². The van der Waals surface area contributed by atoms with Crippen molar-refractivity contribution in [2.45, 2.75) is 26.7 Å². The van der Waals surface area contributed by atoms with Crippen molar-refractivity contribution in [3.8, 4) is 6.07 Å². The minimum atomic E-state index is 0.738. The van der Waals surface area contributed by atoms with Gasteiger partial charge in [0.05, 0.1) is 11.6 Å². The van der Waals surface area contributed by atoms with Crippen LogP contribution in [0.25, 0.3) is 0 Å². The van der Waals surface area contributed by atoms with E-state index < -0.39 is 0 Å². The largest absolute Gasteiger partial charge is 0.385 e. The molecule has 3 nitrogen and oxygen atoms in total. The van der Waals surface area contributed by atoms with Crippen LogP contribution < -0.4 is 5.32 Å². The number of hydrogen-bond donors (Lipinski definition) is 1. The first-order valence-electron chi connectivity index (χ1n) is 6.10. The van der Waals surface area contributed by atoms with Gasteiger partial charge >= 0.3 is 0 Å². The molecule has 92 valence electrons. The van der Waals surface area contributed by atoms with Crippen LogP contribution in [0.4, 0.5) is 5.69 Å². The molecule has 0 bridgehead atoms. The van der Waals surface area contributed by atoms with E-state index in [1.165, 1.54) is 0 Å². The van der Waals surface area contributed by atoms with Gasteiger partial charge in [0.15, 0.2) is 0 Å². The Morgan fingerprint density at radius 3 is 2.82 bits per heavy atom. The van der Waals surface area contributed by atoms with Gasteiger partial charge in [-0.15, -0.1) is 0 Å². The molecule has 1 aromatic carbocycles. The summed E-state index contributed by atoms with van der Waals surface area (Å²) < 4.78 is 5.40. The smallest absolute Gasteiger partial charge is 0.0994 e. The van der Waals surface area contributed by atoms with Gasteiger partial charge in [0.2, 0.25) is 0 Å². The topological polar surface area (TPSA) is 45.0 Å². The Bertz CT molecular complexity index is 382. The molecular formula is C14H20N2O. The standard InChI is InChI=1S/C14H20N2O/c1-3-8-17-9-4-7-16-14-6-5-13(11-15)12(2)10-14/h5-6,10,16H,3-4,7-9H2,1-2H3. The second-order valence-corrected chi connectivity index (χ2v) is 4.03. The Balaban J connectivity index is 2.28. The normalized spacial score (nSPS) is 9.94. The van der Waals surface area contributed by atoms with E-state index in [1.807, 2.05) is 25.1 Å². The quantitative estimate of drug-likeness (QED) is 0.735. The number of rotatable bonds is 7. The van der Waals surface area contributed by atoms with Crippen LogP contribution in [0.15, 0.2) is 18.2 Å². The Labute approximate surface area is 103 Å². The Morgan fingerprint density at radius 2 is 2.18 bits per heavy atom. The molecule has 0 saturated heterocycles. The fourth-order valence-electron chi connectivity index (χ4n) is 1.55. The van der Waals surface area contributed by atoms with Crippen molar-refractivity contribution in [1.29, 1.82) is 5.26 Å². The van der Waals surface area contributed by atoms with E-state index in [9.17, 15) is 0 Å². The predicted octanol–water partition coefficient (Wildman–Crippen LogP) is 3.10. The molecule has 0 aliphatic carbocycles. The lowest BCUT2D eigenvalue weighted by Crippen LogP contribution is -2.06. The zero-order valence-electron chi connectivity index (χ0n) is 10.6. The van der Waals surface area contributed by atoms with Gasteiger partial charge in [-0.2, -0.15) is 5.26 Å². The molecule has 0 aliphatic heterocycles. The van der Waals surface area contributed by atoms with Crippen LogP contribution in [0.3, 0.4) is 0 Å². The summed E-state index contributed by atoms with van der Waals surface area (Å²) in [5.74, 6) is 0. The van der Waals surface area contributed by atoms with E-state index >= 15 is 0 Å². The number of ether oxygens (including phenoxy) is 1. The number of hydrogen-bond acceptors (Lipinski definition) is 3. The summed E-state index contributed by atoms with van der Waals surface area (Å²) in [4.78, 5) is 0. The molecule has 0 aromatic heterocycles. The lowest BCUT2D eigenvalue weighted by Gasteiger charge is -2.08. The average Bonchev–Trinajstić information content (AvgIpc) is 2.34. The third-order valence-corrected chi connectivity index (χ3v) is 2.49. The molecule has 0 spiro atoms. The molecule has 3 heteroatoms. The van der Waals surface area contributed by atoms with Crippen molar-refractivity contribution < 1.29 is 4.74 Å². The van der Waals surface area contributed by atoms with E-state index in [0.717, 1.165) is 49.4 Å². The van der Waals surface area contributed by atoms with E-state index in [2.05, 4.69) is 18.3 Å². The highest BCUT2D eigenvalue weighted by molar-refractivity contribution is 5.51. The zero-order valence-corrected chi connectivity index (χ0v) is 10.6. The van der Waals surface area contributed by atoms with Crippen molar-refractivity contribution in [3.05, 3.63) is 29.3 Å². The third kappa shape index (κ3) is 4.88. The van der Waals surface area contributed by atoms with Crippen molar-refractivity contribution in [3.63, 3.8) is 0 Å². The summed E-state index contributed by atoms with van der Waals surface area (Å²) >= 11 is 0. The molecule has 17 heavy (non-hydrogen) atoms. The van der Waals surface area contributed by atoms with Gasteiger partial charge in [-0.25, -0.2) is 0 Å². The summed E-state index contributed by atoms with van der Waals surface area (Å²) in [6.07, 6.45) is 2.07. The van der Waals surface area contributed by atoms with Crippen LogP contribution in [0.1, 0.15) is 30.9 Å². The highest BCUT2D eigenvalue weighted by Crippen LogP contribution is 2.14. The first-order chi connectivity index (χ1) is 8.27. The number of anilines is 1. The molecule has 1 rings (SSSR count). The van der Waals surface area contributed by atoms with Crippen LogP contribution in [0.2, 0.25) is 0 Å². The van der Waals surface area contributed by atoms with E-state index in [-0.39, 0.29) is 0 Å². The first-order valence-corrected chi connectivity index (χ1v) is 6.10. The summed E-state index contributed by atoms with van der Waals surface area (Å²) in [6.45, 7) is 6.60. The molecule has 0 saturated carbocycles. The summed E-state index contributed by atoms with van der Waals surface area (Å²) in [6, 6.07) is 7.97. The molecule has 0 aliphatic rings. The van der Waals surface area contributed by atoms with E-state index in [4.69, 9.17) is 10.00 Å². The molecule has 0 amide bonds. The maximum atomic E-state index is 8.82. The van der Waals surface area contributed by atoms with E-state index in [1.54, 1.807) is 0 Å². The second kappa shape index (κ2) is 7.70. The molecule has 1 aromatic rings. The van der Waals surface area contributed by atoms with Crippen molar-refractivity contribution >= 4 is 5.69 Å². The molecule has 0 heterocycles. The number of nitrogens with one attached hydrogen (secondary N) is 1. The fourth-order valence-corrected chi connectivity index (χ4v) is 1.55. The van der Waals surface area contributed by atoms with Crippen molar-refractivity contribution in [1.82, 2.24) is 0 Å². The molecule has 0 radical (unpaired) electrons. The lowest BCUT2D eigenvalue weighted by molar-refractivity contribution is 0.134. The highest BCUT2D eigenvalue weighted by Gasteiger charge is 1.98. The van der Waals surface area contributed by atoms with Gasteiger partial charge < -0.3 is 10.1 Å². The van der Waals surface area contributed by atoms with Gasteiger partial charge in [-0.3, -0.25) is 0 Å². The lowest BCUT2D eigenvalue weighted by atomic mass is 10.1. The molecular weight excluding hydrogens is 212 g/mol. The Kier molecular flexibility index (Phi) is 6.13. The molecule has 0 fully saturated rings. The Hall–Kier alpha value is -1.53. The SMILES string of the molecule is CCCOCCCNc1ccc(C#N)c(C)c1. The average molecular weight is 232 g/mol. The summed E-state index contributed by atoms with van der Waals surface area (Å²) in [5.41, 5.74) is 2.82. The minimum absolute atomic E-state index is 0.738. The molecule has 0 unspecified atom stereocenters. The van der Waals surface area contributed by atoms with Crippen LogP contribution >= 0.6 is 0 Å². The van der Waals surface area contributed by atoms with Gasteiger partial charge in [-0.1, -0.05) is 6.92 Å². The number of nitrogens with zero attached hydrogens (tertiary/aromatic N) is 1. The van der Waals surface area contributed by atoms with E-state index in [0.29, 0.717) is 0 Å². The molecule has 0 atom stereocenters. The fraction of sp³-hybridized carbons (Fsp3) is 0.500. The predicted molar refractivity (Wildman–Crippen MR) is 70.1 cm³/mol. The van der Waals surface area contributed by atoms with Gasteiger partial charge in [0.25, 0.3) is 0 Å². The number of benzene rings is 1. The zero-order chi connectivity index (χ0) is 12.5. The van der Waals surface area contributed by atoms with Crippen molar-refractivity contribution in [2.75, 3.05) is 25.1 Å². The highest BCUT2D eigenvalue weighted by atomic mass is 16.5. The van der Waals surface area contributed by atoms with Gasteiger partial charge in [0.1, 0.15) is 0 Å².